The third-order valence-corrected chi connectivity index (χ3v) is 5.25. The van der Waals surface area contributed by atoms with Crippen LogP contribution in [0.5, 0.6) is 0 Å². The predicted molar refractivity (Wildman–Crippen MR) is 89.2 cm³/mol. The molecule has 0 N–H and O–H groups in total. The average Bonchev–Trinajstić information content (AvgIpc) is 3.08. The summed E-state index contributed by atoms with van der Waals surface area (Å²) in [4.78, 5) is 10.5. The highest BCUT2D eigenvalue weighted by Crippen LogP contribution is 2.31. The quantitative estimate of drug-likeness (QED) is 0.662. The van der Waals surface area contributed by atoms with Gasteiger partial charge in [-0.15, -0.1) is 22.9 Å². The molecule has 21 heavy (non-hydrogen) atoms. The highest BCUT2D eigenvalue weighted by atomic mass is 35.5. The Bertz CT molecular complexity index is 759. The number of hydrogen-bond acceptors (Lipinski definition) is 3. The minimum Gasteiger partial charge on any atom is -0.311 e. The lowest BCUT2D eigenvalue weighted by Gasteiger charge is -2.25. The molecule has 3 heterocycles. The molecular weight excluding hydrogens is 302 g/mol. The molecule has 0 saturated heterocycles. The smallest absolute Gasteiger partial charge is 0.160 e. The van der Waals surface area contributed by atoms with Gasteiger partial charge in [-0.25, -0.2) is 9.97 Å². The molecule has 110 valence electrons. The number of halogens is 1. The SMILES string of the molecule is Cc1ccnc2c1nc(CCl)n2CC(C)(C)c1cccs1. The first-order valence-electron chi connectivity index (χ1n) is 6.93. The van der Waals surface area contributed by atoms with Gasteiger partial charge < -0.3 is 4.57 Å². The molecular formula is C16H18ClN3S. The van der Waals surface area contributed by atoms with Crippen LogP contribution in [0.3, 0.4) is 0 Å². The second kappa shape index (κ2) is 5.43. The maximum absolute atomic E-state index is 6.10. The van der Waals surface area contributed by atoms with Gasteiger partial charge in [-0.2, -0.15) is 0 Å². The molecule has 0 saturated carbocycles. The first kappa shape index (κ1) is 14.5. The van der Waals surface area contributed by atoms with Crippen LogP contribution in [0.25, 0.3) is 11.2 Å². The lowest BCUT2D eigenvalue weighted by atomic mass is 9.91. The average molecular weight is 320 g/mol. The van der Waals surface area contributed by atoms with Crippen LogP contribution in [-0.2, 0) is 17.8 Å². The molecule has 0 aliphatic carbocycles. The first-order chi connectivity index (χ1) is 10.0. The molecule has 3 aromatic rings. The zero-order valence-corrected chi connectivity index (χ0v) is 14.0. The Morgan fingerprint density at radius 3 is 2.81 bits per heavy atom. The highest BCUT2D eigenvalue weighted by Gasteiger charge is 2.25. The monoisotopic (exact) mass is 319 g/mol. The Morgan fingerprint density at radius 1 is 1.33 bits per heavy atom. The Hall–Kier alpha value is -1.39. The Labute approximate surface area is 133 Å². The van der Waals surface area contributed by atoms with Crippen molar-refractivity contribution in [1.82, 2.24) is 14.5 Å². The van der Waals surface area contributed by atoms with E-state index in [4.69, 9.17) is 11.6 Å². The Morgan fingerprint density at radius 2 is 2.14 bits per heavy atom. The standard InChI is InChI=1S/C16H18ClN3S/c1-11-6-7-18-15-14(11)19-13(9-17)20(15)10-16(2,3)12-5-4-8-21-12/h4-8H,9-10H2,1-3H3. The van der Waals surface area contributed by atoms with Gasteiger partial charge >= 0.3 is 0 Å². The molecule has 0 aromatic carbocycles. The maximum Gasteiger partial charge on any atom is 0.160 e. The number of nitrogens with zero attached hydrogens (tertiary/aromatic N) is 3. The molecule has 0 fully saturated rings. The van der Waals surface area contributed by atoms with Crippen LogP contribution in [0.2, 0.25) is 0 Å². The molecule has 0 aliphatic rings. The van der Waals surface area contributed by atoms with Gasteiger partial charge in [0.2, 0.25) is 0 Å². The lowest BCUT2D eigenvalue weighted by Crippen LogP contribution is -2.24. The zero-order chi connectivity index (χ0) is 15.0. The van der Waals surface area contributed by atoms with E-state index in [1.807, 2.05) is 12.3 Å². The van der Waals surface area contributed by atoms with Crippen molar-refractivity contribution in [1.29, 1.82) is 0 Å². The van der Waals surface area contributed by atoms with Gasteiger partial charge in [-0.1, -0.05) is 19.9 Å². The predicted octanol–water partition coefficient (Wildman–Crippen LogP) is 4.52. The van der Waals surface area contributed by atoms with Crippen molar-refractivity contribution in [2.45, 2.75) is 38.6 Å². The fraction of sp³-hybridized carbons (Fsp3) is 0.375. The van der Waals surface area contributed by atoms with E-state index in [-0.39, 0.29) is 5.41 Å². The van der Waals surface area contributed by atoms with E-state index >= 15 is 0 Å². The van der Waals surface area contributed by atoms with E-state index in [0.717, 1.165) is 29.1 Å². The number of pyridine rings is 1. The largest absolute Gasteiger partial charge is 0.311 e. The lowest BCUT2D eigenvalue weighted by molar-refractivity contribution is 0.441. The Kier molecular flexibility index (Phi) is 3.76. The van der Waals surface area contributed by atoms with Gasteiger partial charge in [0.15, 0.2) is 5.65 Å². The summed E-state index contributed by atoms with van der Waals surface area (Å²) in [5.74, 6) is 1.29. The van der Waals surface area contributed by atoms with E-state index in [9.17, 15) is 0 Å². The second-order valence-corrected chi connectivity index (χ2v) is 7.12. The summed E-state index contributed by atoms with van der Waals surface area (Å²) in [6.45, 7) is 7.38. The van der Waals surface area contributed by atoms with Gasteiger partial charge in [0.05, 0.1) is 5.88 Å². The molecule has 5 heteroatoms. The van der Waals surface area contributed by atoms with Gasteiger partial charge in [0.1, 0.15) is 11.3 Å². The summed E-state index contributed by atoms with van der Waals surface area (Å²) in [5.41, 5.74) is 3.04. The van der Waals surface area contributed by atoms with Crippen molar-refractivity contribution in [3.05, 3.63) is 46.0 Å². The minimum absolute atomic E-state index is 0.0219. The number of fused-ring (bicyclic) bond motifs is 1. The fourth-order valence-electron chi connectivity index (χ4n) is 2.59. The summed E-state index contributed by atoms with van der Waals surface area (Å²) < 4.78 is 2.16. The molecule has 0 bridgehead atoms. The highest BCUT2D eigenvalue weighted by molar-refractivity contribution is 7.10. The summed E-state index contributed by atoms with van der Waals surface area (Å²) >= 11 is 7.89. The van der Waals surface area contributed by atoms with Crippen molar-refractivity contribution in [2.75, 3.05) is 0 Å². The minimum atomic E-state index is 0.0219. The summed E-state index contributed by atoms with van der Waals surface area (Å²) in [6.07, 6.45) is 1.84. The summed E-state index contributed by atoms with van der Waals surface area (Å²) in [7, 11) is 0. The van der Waals surface area contributed by atoms with E-state index in [1.165, 1.54) is 4.88 Å². The zero-order valence-electron chi connectivity index (χ0n) is 12.4. The fourth-order valence-corrected chi connectivity index (χ4v) is 3.64. The Balaban J connectivity index is 2.10. The van der Waals surface area contributed by atoms with Crippen LogP contribution in [-0.4, -0.2) is 14.5 Å². The number of alkyl halides is 1. The number of aryl methyl sites for hydroxylation is 1. The van der Waals surface area contributed by atoms with Crippen molar-refractivity contribution in [3.63, 3.8) is 0 Å². The van der Waals surface area contributed by atoms with Gasteiger partial charge in [0, 0.05) is 23.0 Å². The van der Waals surface area contributed by atoms with Crippen LogP contribution >= 0.6 is 22.9 Å². The number of hydrogen-bond donors (Lipinski definition) is 0. The van der Waals surface area contributed by atoms with Crippen LogP contribution in [0, 0.1) is 6.92 Å². The van der Waals surface area contributed by atoms with Crippen molar-refractivity contribution in [2.24, 2.45) is 0 Å². The van der Waals surface area contributed by atoms with Crippen molar-refractivity contribution >= 4 is 34.1 Å². The van der Waals surface area contributed by atoms with Crippen LogP contribution in [0.4, 0.5) is 0 Å². The third kappa shape index (κ3) is 2.58. The van der Waals surface area contributed by atoms with E-state index < -0.39 is 0 Å². The van der Waals surface area contributed by atoms with Gasteiger partial charge in [-0.05, 0) is 30.0 Å². The topological polar surface area (TPSA) is 30.7 Å². The van der Waals surface area contributed by atoms with Crippen LogP contribution < -0.4 is 0 Å². The molecule has 0 amide bonds. The summed E-state index contributed by atoms with van der Waals surface area (Å²) in [5, 5.41) is 2.12. The number of imidazole rings is 1. The van der Waals surface area contributed by atoms with Crippen molar-refractivity contribution < 1.29 is 0 Å². The van der Waals surface area contributed by atoms with Gasteiger partial charge in [0.25, 0.3) is 0 Å². The maximum atomic E-state index is 6.10. The van der Waals surface area contributed by atoms with E-state index in [2.05, 4.69) is 52.8 Å². The van der Waals surface area contributed by atoms with Crippen LogP contribution in [0.15, 0.2) is 29.8 Å². The molecule has 3 aromatic heterocycles. The molecule has 0 atom stereocenters. The molecule has 0 aliphatic heterocycles. The first-order valence-corrected chi connectivity index (χ1v) is 8.35. The normalized spacial score (nSPS) is 12.2. The van der Waals surface area contributed by atoms with E-state index in [1.54, 1.807) is 11.3 Å². The number of aromatic nitrogens is 3. The van der Waals surface area contributed by atoms with Gasteiger partial charge in [-0.3, -0.25) is 0 Å². The number of rotatable bonds is 4. The molecule has 0 spiro atoms. The molecule has 3 rings (SSSR count). The molecule has 0 unspecified atom stereocenters. The number of thiophene rings is 1. The van der Waals surface area contributed by atoms with Crippen LogP contribution in [0.1, 0.15) is 30.1 Å². The summed E-state index contributed by atoms with van der Waals surface area (Å²) in [6, 6.07) is 6.27. The van der Waals surface area contributed by atoms with Crippen molar-refractivity contribution in [3.8, 4) is 0 Å². The molecule has 3 nitrogen and oxygen atoms in total. The van der Waals surface area contributed by atoms with E-state index in [0.29, 0.717) is 5.88 Å². The second-order valence-electron chi connectivity index (χ2n) is 5.91. The molecule has 0 radical (unpaired) electrons. The third-order valence-electron chi connectivity index (χ3n) is 3.78.